The average molecular weight is 706 g/mol. The van der Waals surface area contributed by atoms with E-state index in [1.807, 2.05) is 0 Å². The Kier molecular flexibility index (Phi) is 7.06. The molecule has 9 aromatic carbocycles. The second-order valence-corrected chi connectivity index (χ2v) is 15.2. The molecular formula is C53H39NO. The molecule has 0 saturated heterocycles. The molecule has 1 heterocycles. The largest absolute Gasteiger partial charge is 0.453 e. The third-order valence-corrected chi connectivity index (χ3v) is 12.4. The predicted octanol–water partition coefficient (Wildman–Crippen LogP) is 15.1. The number of benzene rings is 9. The molecule has 1 aliphatic heterocycles. The van der Waals surface area contributed by atoms with Gasteiger partial charge in [0, 0.05) is 11.1 Å². The van der Waals surface area contributed by atoms with Crippen LogP contribution in [-0.2, 0) is 5.41 Å². The summed E-state index contributed by atoms with van der Waals surface area (Å²) in [5.41, 5.74) is 13.5. The summed E-state index contributed by atoms with van der Waals surface area (Å²) < 4.78 is 6.89. The lowest BCUT2D eigenvalue weighted by molar-refractivity contribution is 0.478. The Morgan fingerprint density at radius 2 is 1.05 bits per heavy atom. The van der Waals surface area contributed by atoms with Crippen molar-refractivity contribution in [2.45, 2.75) is 32.1 Å². The van der Waals surface area contributed by atoms with Gasteiger partial charge in [-0.25, -0.2) is 0 Å². The number of ether oxygens (including phenoxy) is 1. The van der Waals surface area contributed by atoms with E-state index in [2.05, 4.69) is 195 Å². The molecule has 0 saturated carbocycles. The van der Waals surface area contributed by atoms with Gasteiger partial charge in [-0.1, -0.05) is 141 Å². The molecule has 2 nitrogen and oxygen atoms in total. The van der Waals surface area contributed by atoms with Gasteiger partial charge in [-0.15, -0.1) is 0 Å². The molecule has 2 aliphatic rings. The van der Waals surface area contributed by atoms with Crippen molar-refractivity contribution in [3.63, 3.8) is 0 Å². The Morgan fingerprint density at radius 3 is 1.87 bits per heavy atom. The Labute approximate surface area is 321 Å². The zero-order valence-corrected chi connectivity index (χ0v) is 31.0. The Bertz CT molecular complexity index is 3010. The second kappa shape index (κ2) is 12.2. The SMILES string of the molecule is CCC1(CC)c2ccc(-c3ccc4c(c3)Oc3cc5ccccc5cc3N4c3cccc(-c4ccc5ccccc5c4)c3)cc2-c2ccc3ccccc3c21. The quantitative estimate of drug-likeness (QED) is 0.177. The number of hydrogen-bond donors (Lipinski definition) is 0. The van der Waals surface area contributed by atoms with Crippen molar-refractivity contribution >= 4 is 49.4 Å². The highest BCUT2D eigenvalue weighted by molar-refractivity contribution is 6.00. The minimum Gasteiger partial charge on any atom is -0.453 e. The highest BCUT2D eigenvalue weighted by Gasteiger charge is 2.41. The molecule has 0 spiro atoms. The first-order chi connectivity index (χ1) is 27.1. The fourth-order valence-electron chi connectivity index (χ4n) is 9.64. The molecule has 0 bridgehead atoms. The summed E-state index contributed by atoms with van der Waals surface area (Å²) in [5, 5.41) is 7.52. The van der Waals surface area contributed by atoms with Gasteiger partial charge >= 0.3 is 0 Å². The van der Waals surface area contributed by atoms with Crippen LogP contribution in [0.3, 0.4) is 0 Å². The summed E-state index contributed by atoms with van der Waals surface area (Å²) in [6.45, 7) is 4.70. The molecule has 11 rings (SSSR count). The normalized spacial score (nSPS) is 13.7. The molecule has 0 aromatic heterocycles. The third kappa shape index (κ3) is 4.81. The number of fused-ring (bicyclic) bond motifs is 9. The van der Waals surface area contributed by atoms with Gasteiger partial charge < -0.3 is 9.64 Å². The first kappa shape index (κ1) is 31.8. The van der Waals surface area contributed by atoms with Crippen molar-refractivity contribution < 1.29 is 4.74 Å². The minimum absolute atomic E-state index is 0.00259. The number of rotatable bonds is 5. The summed E-state index contributed by atoms with van der Waals surface area (Å²) in [4.78, 5) is 2.37. The first-order valence-corrected chi connectivity index (χ1v) is 19.5. The molecule has 262 valence electrons. The van der Waals surface area contributed by atoms with Crippen molar-refractivity contribution in [1.82, 2.24) is 0 Å². The maximum absolute atomic E-state index is 6.89. The van der Waals surface area contributed by atoms with Gasteiger partial charge in [0.05, 0.1) is 11.4 Å². The van der Waals surface area contributed by atoms with E-state index in [0.29, 0.717) is 0 Å². The predicted molar refractivity (Wildman–Crippen MR) is 231 cm³/mol. The number of hydrogen-bond acceptors (Lipinski definition) is 2. The molecule has 1 aliphatic carbocycles. The zero-order chi connectivity index (χ0) is 36.7. The molecule has 0 atom stereocenters. The van der Waals surface area contributed by atoms with Crippen LogP contribution >= 0.6 is 0 Å². The van der Waals surface area contributed by atoms with E-state index in [9.17, 15) is 0 Å². The van der Waals surface area contributed by atoms with E-state index >= 15 is 0 Å². The third-order valence-electron chi connectivity index (χ3n) is 12.4. The van der Waals surface area contributed by atoms with Crippen molar-refractivity contribution in [2.24, 2.45) is 0 Å². The Hall–Kier alpha value is -6.64. The van der Waals surface area contributed by atoms with E-state index in [4.69, 9.17) is 4.74 Å². The molecule has 0 N–H and O–H groups in total. The van der Waals surface area contributed by atoms with Crippen LogP contribution in [0.1, 0.15) is 37.8 Å². The van der Waals surface area contributed by atoms with Crippen LogP contribution in [0.15, 0.2) is 176 Å². The van der Waals surface area contributed by atoms with Crippen molar-refractivity contribution in [1.29, 1.82) is 0 Å². The van der Waals surface area contributed by atoms with Crippen LogP contribution in [0, 0.1) is 0 Å². The molecule has 0 radical (unpaired) electrons. The van der Waals surface area contributed by atoms with Gasteiger partial charge in [0.2, 0.25) is 0 Å². The fraction of sp³-hybridized carbons (Fsp3) is 0.0943. The summed E-state index contributed by atoms with van der Waals surface area (Å²) in [7, 11) is 0. The lowest BCUT2D eigenvalue weighted by Gasteiger charge is -2.34. The summed E-state index contributed by atoms with van der Waals surface area (Å²) in [5.74, 6) is 1.70. The lowest BCUT2D eigenvalue weighted by atomic mass is 9.72. The topological polar surface area (TPSA) is 12.5 Å². The standard InChI is InChI=1S/C53H39NO/c1-3-53(4-2)47-26-23-41(30-46(47)45-25-22-35-13-9-10-19-44(35)52(45)53)42-24-27-48-50(33-42)55-51-32-39-16-8-7-15-38(39)31-49(51)54(48)43-18-11-17-37(29-43)40-21-20-34-12-5-6-14-36(34)28-40/h5-33H,3-4H2,1-2H3. The molecule has 0 fully saturated rings. The lowest BCUT2D eigenvalue weighted by Crippen LogP contribution is -2.23. The van der Waals surface area contributed by atoms with Crippen LogP contribution in [-0.4, -0.2) is 0 Å². The Morgan fingerprint density at radius 1 is 0.436 bits per heavy atom. The van der Waals surface area contributed by atoms with Crippen LogP contribution in [0.5, 0.6) is 11.5 Å². The molecular weight excluding hydrogens is 667 g/mol. The summed E-state index contributed by atoms with van der Waals surface area (Å²) >= 11 is 0. The Balaban J connectivity index is 1.05. The van der Waals surface area contributed by atoms with Crippen molar-refractivity contribution in [3.8, 4) is 44.9 Å². The average Bonchev–Trinajstić information content (AvgIpc) is 3.54. The van der Waals surface area contributed by atoms with Gasteiger partial charge in [0.1, 0.15) is 0 Å². The molecule has 0 amide bonds. The maximum Gasteiger partial charge on any atom is 0.152 e. The van der Waals surface area contributed by atoms with Gasteiger partial charge in [0.25, 0.3) is 0 Å². The molecule has 55 heavy (non-hydrogen) atoms. The molecule has 2 heteroatoms. The fourth-order valence-corrected chi connectivity index (χ4v) is 9.64. The van der Waals surface area contributed by atoms with Crippen molar-refractivity contribution in [2.75, 3.05) is 4.90 Å². The number of anilines is 3. The number of nitrogens with zero attached hydrogens (tertiary/aromatic N) is 1. The van der Waals surface area contributed by atoms with Gasteiger partial charge in [-0.05, 0) is 138 Å². The van der Waals surface area contributed by atoms with Crippen LogP contribution in [0.4, 0.5) is 17.1 Å². The molecule has 9 aromatic rings. The van der Waals surface area contributed by atoms with Crippen LogP contribution in [0.2, 0.25) is 0 Å². The summed E-state index contributed by atoms with van der Waals surface area (Å²) in [6, 6.07) is 64.6. The first-order valence-electron chi connectivity index (χ1n) is 19.5. The van der Waals surface area contributed by atoms with Gasteiger partial charge in [0.15, 0.2) is 11.5 Å². The molecule has 0 unspecified atom stereocenters. The smallest absolute Gasteiger partial charge is 0.152 e. The highest BCUT2D eigenvalue weighted by atomic mass is 16.5. The zero-order valence-electron chi connectivity index (χ0n) is 31.0. The highest BCUT2D eigenvalue weighted by Crippen LogP contribution is 2.57. The van der Waals surface area contributed by atoms with Crippen molar-refractivity contribution in [3.05, 3.63) is 187 Å². The summed E-state index contributed by atoms with van der Waals surface area (Å²) in [6.07, 6.45) is 2.13. The van der Waals surface area contributed by atoms with E-state index in [1.165, 1.54) is 65.9 Å². The van der Waals surface area contributed by atoms with E-state index < -0.39 is 0 Å². The maximum atomic E-state index is 6.89. The van der Waals surface area contributed by atoms with E-state index in [0.717, 1.165) is 52.4 Å². The minimum atomic E-state index is -0.00259. The van der Waals surface area contributed by atoms with Gasteiger partial charge in [-0.2, -0.15) is 0 Å². The van der Waals surface area contributed by atoms with E-state index in [1.54, 1.807) is 0 Å². The second-order valence-electron chi connectivity index (χ2n) is 15.2. The monoisotopic (exact) mass is 705 g/mol. The van der Waals surface area contributed by atoms with Crippen LogP contribution in [0.25, 0.3) is 65.7 Å². The van der Waals surface area contributed by atoms with Crippen LogP contribution < -0.4 is 9.64 Å². The van der Waals surface area contributed by atoms with E-state index in [-0.39, 0.29) is 5.41 Å². The van der Waals surface area contributed by atoms with Gasteiger partial charge in [-0.3, -0.25) is 0 Å².